The van der Waals surface area contributed by atoms with Crippen LogP contribution in [0.15, 0.2) is 18.2 Å². The predicted molar refractivity (Wildman–Crippen MR) is 120 cm³/mol. The Hall–Kier alpha value is -1.02. The van der Waals surface area contributed by atoms with E-state index in [-0.39, 0.29) is 5.92 Å². The number of aryl methyl sites for hydroxylation is 1. The summed E-state index contributed by atoms with van der Waals surface area (Å²) in [6.07, 6.45) is 10.5. The molecule has 0 heterocycles. The Morgan fingerprint density at radius 2 is 1.85 bits per heavy atom. The van der Waals surface area contributed by atoms with Crippen LogP contribution in [0.4, 0.5) is 5.69 Å². The number of benzene rings is 1. The molecule has 0 aliphatic rings. The highest BCUT2D eigenvalue weighted by molar-refractivity contribution is 6.33. The maximum Gasteiger partial charge on any atom is 0.137 e. The number of carbonyl (C=O) groups excluding carboxylic acids is 1. The summed E-state index contributed by atoms with van der Waals surface area (Å²) in [6, 6.07) is 6.40. The smallest absolute Gasteiger partial charge is 0.137 e. The lowest BCUT2D eigenvalue weighted by molar-refractivity contribution is -0.122. The zero-order valence-corrected chi connectivity index (χ0v) is 18.9. The summed E-state index contributed by atoms with van der Waals surface area (Å²) in [5, 5.41) is 0.794. The van der Waals surface area contributed by atoms with E-state index in [1.165, 1.54) is 44.1 Å². The maximum absolute atomic E-state index is 12.0. The first-order valence-corrected chi connectivity index (χ1v) is 11.3. The predicted octanol–water partition coefficient (Wildman–Crippen LogP) is 7.32. The largest absolute Gasteiger partial charge is 0.373 e. The van der Waals surface area contributed by atoms with Gasteiger partial charge in [-0.05, 0) is 42.9 Å². The number of unbranched alkanes of at least 4 members (excludes halogenated alkanes) is 2. The molecule has 0 radical (unpaired) electrons. The van der Waals surface area contributed by atoms with E-state index in [9.17, 15) is 4.79 Å². The minimum absolute atomic E-state index is 0.154. The van der Waals surface area contributed by atoms with E-state index in [0.717, 1.165) is 36.0 Å². The first-order chi connectivity index (χ1) is 12.9. The lowest BCUT2D eigenvalue weighted by atomic mass is 9.97. The van der Waals surface area contributed by atoms with Crippen LogP contribution in [0.5, 0.6) is 0 Å². The molecule has 0 fully saturated rings. The Morgan fingerprint density at radius 1 is 1.11 bits per heavy atom. The number of anilines is 1. The molecular weight excluding hydrogens is 354 g/mol. The van der Waals surface area contributed by atoms with Gasteiger partial charge in [0.15, 0.2) is 0 Å². The zero-order chi connectivity index (χ0) is 20.2. The average molecular weight is 394 g/mol. The highest BCUT2D eigenvalue weighted by atomic mass is 35.5. The molecule has 0 spiro atoms. The molecule has 27 heavy (non-hydrogen) atoms. The molecular formula is C24H40ClNO. The van der Waals surface area contributed by atoms with Gasteiger partial charge in [0.2, 0.25) is 0 Å². The lowest BCUT2D eigenvalue weighted by Gasteiger charge is -2.21. The molecule has 3 heteroatoms. The number of rotatable bonds is 14. The van der Waals surface area contributed by atoms with Crippen molar-refractivity contribution in [3.05, 3.63) is 28.8 Å². The quantitative estimate of drug-likeness (QED) is 0.308. The van der Waals surface area contributed by atoms with Crippen LogP contribution >= 0.6 is 11.6 Å². The number of halogens is 1. The third-order valence-electron chi connectivity index (χ3n) is 5.72. The lowest BCUT2D eigenvalue weighted by Crippen LogP contribution is -2.23. The van der Waals surface area contributed by atoms with Crippen LogP contribution in [0.2, 0.25) is 5.02 Å². The first-order valence-electron chi connectivity index (χ1n) is 10.9. The summed E-state index contributed by atoms with van der Waals surface area (Å²) in [4.78, 5) is 14.1. The summed E-state index contributed by atoms with van der Waals surface area (Å²) in [7, 11) is 2.02. The van der Waals surface area contributed by atoms with Crippen molar-refractivity contribution in [3.63, 3.8) is 0 Å². The van der Waals surface area contributed by atoms with Crippen molar-refractivity contribution in [1.29, 1.82) is 0 Å². The van der Waals surface area contributed by atoms with Gasteiger partial charge in [0.25, 0.3) is 0 Å². The molecule has 0 aliphatic heterocycles. The molecule has 2 atom stereocenters. The minimum atomic E-state index is 0.154. The van der Waals surface area contributed by atoms with E-state index in [1.807, 2.05) is 14.0 Å². The summed E-state index contributed by atoms with van der Waals surface area (Å²) in [5.41, 5.74) is 2.33. The standard InChI is InChI=1S/C24H40ClNO/c1-6-11-19(3)12-9-8-10-13-21-14-15-23(22(25)18-21)26(5)17-16-24(27)20(4)7-2/h14-15,18-20H,6-13,16-17H2,1-5H3. The van der Waals surface area contributed by atoms with E-state index in [0.29, 0.717) is 12.2 Å². The summed E-state index contributed by atoms with van der Waals surface area (Å²) >= 11 is 6.52. The van der Waals surface area contributed by atoms with Crippen molar-refractivity contribution in [2.45, 2.75) is 85.5 Å². The van der Waals surface area contributed by atoms with Gasteiger partial charge in [-0.2, -0.15) is 0 Å². The van der Waals surface area contributed by atoms with Crippen molar-refractivity contribution >= 4 is 23.1 Å². The fraction of sp³-hybridized carbons (Fsp3) is 0.708. The first kappa shape index (κ1) is 24.0. The second-order valence-electron chi connectivity index (χ2n) is 8.23. The number of nitrogens with zero attached hydrogens (tertiary/aromatic N) is 1. The van der Waals surface area contributed by atoms with Gasteiger partial charge >= 0.3 is 0 Å². The molecule has 0 saturated heterocycles. The number of ketones is 1. The van der Waals surface area contributed by atoms with Crippen molar-refractivity contribution in [2.24, 2.45) is 11.8 Å². The molecule has 0 saturated carbocycles. The van der Waals surface area contributed by atoms with Gasteiger partial charge in [0, 0.05) is 25.9 Å². The fourth-order valence-corrected chi connectivity index (χ4v) is 3.87. The monoisotopic (exact) mass is 393 g/mol. The number of carbonyl (C=O) groups is 1. The molecule has 0 aliphatic carbocycles. The van der Waals surface area contributed by atoms with Crippen molar-refractivity contribution in [3.8, 4) is 0 Å². The topological polar surface area (TPSA) is 20.3 Å². The van der Waals surface area contributed by atoms with E-state index in [2.05, 4.69) is 43.9 Å². The highest BCUT2D eigenvalue weighted by Crippen LogP contribution is 2.27. The second-order valence-corrected chi connectivity index (χ2v) is 8.63. The number of hydrogen-bond donors (Lipinski definition) is 0. The van der Waals surface area contributed by atoms with Gasteiger partial charge in [0.05, 0.1) is 10.7 Å². The molecule has 1 rings (SSSR count). The maximum atomic E-state index is 12.0. The van der Waals surface area contributed by atoms with Gasteiger partial charge < -0.3 is 4.90 Å². The van der Waals surface area contributed by atoms with Gasteiger partial charge in [-0.25, -0.2) is 0 Å². The third kappa shape index (κ3) is 9.14. The fourth-order valence-electron chi connectivity index (χ4n) is 3.52. The van der Waals surface area contributed by atoms with Crippen molar-refractivity contribution < 1.29 is 4.79 Å². The van der Waals surface area contributed by atoms with Gasteiger partial charge in [0.1, 0.15) is 5.78 Å². The normalized spacial score (nSPS) is 13.4. The molecule has 2 unspecified atom stereocenters. The molecule has 2 nitrogen and oxygen atoms in total. The molecule has 154 valence electrons. The SMILES string of the molecule is CCCC(C)CCCCCc1ccc(N(C)CCC(=O)C(C)CC)c(Cl)c1. The molecule has 0 aromatic heterocycles. The van der Waals surface area contributed by atoms with E-state index in [4.69, 9.17) is 11.6 Å². The Morgan fingerprint density at radius 3 is 2.48 bits per heavy atom. The Labute approximate surface area is 172 Å². The van der Waals surface area contributed by atoms with Gasteiger partial charge in [-0.1, -0.05) is 77.5 Å². The van der Waals surface area contributed by atoms with Crippen LogP contribution in [0.1, 0.15) is 84.6 Å². The Balaban J connectivity index is 2.41. The number of Topliss-reactive ketones (excluding diaryl/α,β-unsaturated/α-hetero) is 1. The van der Waals surface area contributed by atoms with Crippen molar-refractivity contribution in [1.82, 2.24) is 0 Å². The van der Waals surface area contributed by atoms with Crippen LogP contribution in [-0.2, 0) is 11.2 Å². The van der Waals surface area contributed by atoms with Crippen LogP contribution in [0.3, 0.4) is 0 Å². The molecule has 1 aromatic carbocycles. The van der Waals surface area contributed by atoms with E-state index >= 15 is 0 Å². The minimum Gasteiger partial charge on any atom is -0.373 e. The zero-order valence-electron chi connectivity index (χ0n) is 18.2. The Kier molecular flexibility index (Phi) is 11.7. The van der Waals surface area contributed by atoms with Crippen molar-refractivity contribution in [2.75, 3.05) is 18.5 Å². The van der Waals surface area contributed by atoms with Gasteiger partial charge in [-0.15, -0.1) is 0 Å². The van der Waals surface area contributed by atoms with Crippen LogP contribution < -0.4 is 4.90 Å². The molecule has 1 aromatic rings. The Bertz CT molecular complexity index is 557. The van der Waals surface area contributed by atoms with Crippen LogP contribution in [0, 0.1) is 11.8 Å². The molecule has 0 bridgehead atoms. The summed E-state index contributed by atoms with van der Waals surface area (Å²) < 4.78 is 0. The number of hydrogen-bond acceptors (Lipinski definition) is 2. The van der Waals surface area contributed by atoms with Crippen LogP contribution in [0.25, 0.3) is 0 Å². The summed E-state index contributed by atoms with van der Waals surface area (Å²) in [6.45, 7) is 9.43. The van der Waals surface area contributed by atoms with E-state index in [1.54, 1.807) is 0 Å². The van der Waals surface area contributed by atoms with Crippen LogP contribution in [-0.4, -0.2) is 19.4 Å². The molecule has 0 N–H and O–H groups in total. The highest BCUT2D eigenvalue weighted by Gasteiger charge is 2.13. The summed E-state index contributed by atoms with van der Waals surface area (Å²) in [5.74, 6) is 1.36. The second kappa shape index (κ2) is 13.2. The average Bonchev–Trinajstić information content (AvgIpc) is 2.65. The van der Waals surface area contributed by atoms with Gasteiger partial charge in [-0.3, -0.25) is 4.79 Å². The third-order valence-corrected chi connectivity index (χ3v) is 6.03. The molecule has 0 amide bonds. The van der Waals surface area contributed by atoms with E-state index < -0.39 is 0 Å².